The first-order valence-electron chi connectivity index (χ1n) is 4.37. The van der Waals surface area contributed by atoms with Crippen LogP contribution in [0.5, 0.6) is 0 Å². The number of nitrogens with zero attached hydrogens (tertiary/aromatic N) is 1. The largest absolute Gasteiger partial charge is 0.383 e. The number of hydrogen-bond acceptors (Lipinski definition) is 3. The molecule has 1 aromatic carbocycles. The summed E-state index contributed by atoms with van der Waals surface area (Å²) in [5.74, 6) is 0. The maximum Gasteiger partial charge on any atom is 0.292 e. The second kappa shape index (κ2) is 3.01. The van der Waals surface area contributed by atoms with Crippen LogP contribution >= 0.6 is 0 Å². The molecule has 0 heterocycles. The van der Waals surface area contributed by atoms with E-state index in [0.29, 0.717) is 0 Å². The van der Waals surface area contributed by atoms with Crippen molar-refractivity contribution in [2.45, 2.75) is 0 Å². The molecule has 58 valence electrons. The fourth-order valence-corrected chi connectivity index (χ4v) is 0.693. The van der Waals surface area contributed by atoms with Crippen LogP contribution in [0.2, 0.25) is 1.41 Å². The van der Waals surface area contributed by atoms with Crippen LogP contribution in [0.25, 0.3) is 0 Å². The Morgan fingerprint density at radius 2 is 2.64 bits per heavy atom. The lowest BCUT2D eigenvalue weighted by atomic mass is 10.3. The van der Waals surface area contributed by atoms with Crippen LogP contribution in [0.1, 0.15) is 2.74 Å². The molecule has 0 atom stereocenters. The summed E-state index contributed by atoms with van der Waals surface area (Å²) < 4.78 is 21.7. The van der Waals surface area contributed by atoms with Crippen molar-refractivity contribution in [3.05, 3.63) is 34.3 Å². The molecule has 0 saturated carbocycles. The lowest BCUT2D eigenvalue weighted by Crippen LogP contribution is -1.95. The van der Waals surface area contributed by atoms with Crippen LogP contribution in [-0.4, -0.2) is 12.0 Å². The van der Waals surface area contributed by atoms with Crippen molar-refractivity contribution in [2.75, 3.05) is 12.4 Å². The number of hydrogen-bond donors (Lipinski definition) is 1. The van der Waals surface area contributed by atoms with E-state index >= 15 is 0 Å². The molecule has 0 radical (unpaired) electrons. The van der Waals surface area contributed by atoms with Gasteiger partial charge in [-0.1, -0.05) is 12.1 Å². The van der Waals surface area contributed by atoms with Crippen molar-refractivity contribution in [3.8, 4) is 0 Å². The monoisotopic (exact) mass is 155 g/mol. The Hall–Kier alpha value is -1.58. The molecule has 0 aliphatic rings. The Labute approximate surface area is 68.3 Å². The lowest BCUT2D eigenvalue weighted by molar-refractivity contribution is -0.383. The summed E-state index contributed by atoms with van der Waals surface area (Å²) in [6.07, 6.45) is 0. The topological polar surface area (TPSA) is 55.2 Å². The van der Waals surface area contributed by atoms with E-state index in [1.807, 2.05) is 0 Å². The number of nitro groups is 1. The molecular formula is C7H8N2O2. The molecule has 1 rings (SSSR count). The zero-order chi connectivity index (χ0) is 10.9. The van der Waals surface area contributed by atoms with E-state index in [4.69, 9.17) is 4.15 Å². The van der Waals surface area contributed by atoms with E-state index in [0.717, 1.165) is 5.31 Å². The average molecular weight is 155 g/mol. The molecule has 0 unspecified atom stereocenters. The smallest absolute Gasteiger partial charge is 0.292 e. The third-order valence-corrected chi connectivity index (χ3v) is 1.18. The molecule has 11 heavy (non-hydrogen) atoms. The van der Waals surface area contributed by atoms with Crippen molar-refractivity contribution < 1.29 is 9.08 Å². The first kappa shape index (κ1) is 4.33. The summed E-state index contributed by atoms with van der Waals surface area (Å²) in [4.78, 5) is 9.84. The maximum absolute atomic E-state index is 10.6. The van der Waals surface area contributed by atoms with Gasteiger partial charge in [0, 0.05) is 13.1 Å². The molecule has 0 aromatic heterocycles. The van der Waals surface area contributed by atoms with Gasteiger partial charge >= 0.3 is 0 Å². The first-order chi connectivity index (χ1) is 6.45. The highest BCUT2D eigenvalue weighted by atomic mass is 16.6. The third-order valence-electron chi connectivity index (χ3n) is 1.18. The van der Waals surface area contributed by atoms with E-state index in [1.54, 1.807) is 0 Å². The molecule has 4 heteroatoms. The standard InChI is InChI=1S/C7H8N2O2/c1-8-6-4-2-3-5-7(6)9(10)11/h2-5,8H,1H3/i3D,5D/hD. The molecule has 1 aromatic rings. The quantitative estimate of drug-likeness (QED) is 0.521. The number of para-hydroxylation sites is 2. The van der Waals surface area contributed by atoms with Crippen LogP contribution in [0.3, 0.4) is 0 Å². The number of nitro benzene ring substituents is 1. The van der Waals surface area contributed by atoms with E-state index in [2.05, 4.69) is 0 Å². The predicted octanol–water partition coefficient (Wildman–Crippen LogP) is 1.64. The summed E-state index contributed by atoms with van der Waals surface area (Å²) in [7, 11) is 1.32. The summed E-state index contributed by atoms with van der Waals surface area (Å²) >= 11 is 0. The number of rotatable bonds is 2. The summed E-state index contributed by atoms with van der Waals surface area (Å²) in [5, 5.41) is 11.4. The first-order valence-corrected chi connectivity index (χ1v) is 2.92. The molecular weight excluding hydrogens is 144 g/mol. The van der Waals surface area contributed by atoms with Gasteiger partial charge in [0.1, 0.15) is 5.69 Å². The molecule has 4 nitrogen and oxygen atoms in total. The fourth-order valence-electron chi connectivity index (χ4n) is 0.693. The molecule has 0 spiro atoms. The lowest BCUT2D eigenvalue weighted by Gasteiger charge is -1.98. The van der Waals surface area contributed by atoms with Gasteiger partial charge in [-0.3, -0.25) is 10.1 Å². The molecule has 0 bridgehead atoms. The van der Waals surface area contributed by atoms with E-state index in [-0.39, 0.29) is 11.7 Å². The average Bonchev–Trinajstić information content (AvgIpc) is 2.08. The Balaban J connectivity index is 3.45. The summed E-state index contributed by atoms with van der Waals surface area (Å²) in [6.45, 7) is 0. The van der Waals surface area contributed by atoms with Crippen LogP contribution in [-0.2, 0) is 0 Å². The van der Waals surface area contributed by atoms with Crippen LogP contribution in [0, 0.1) is 10.1 Å². The van der Waals surface area contributed by atoms with Gasteiger partial charge in [0.25, 0.3) is 5.69 Å². The zero-order valence-electron chi connectivity index (χ0n) is 8.87. The van der Waals surface area contributed by atoms with Crippen molar-refractivity contribution in [1.82, 2.24) is 0 Å². The Bertz CT molecular complexity index is 381. The fraction of sp³-hybridized carbons (Fsp3) is 0.143. The zero-order valence-corrected chi connectivity index (χ0v) is 5.87. The third kappa shape index (κ3) is 1.46. The van der Waals surface area contributed by atoms with Gasteiger partial charge in [0.15, 0.2) is 1.41 Å². The molecule has 0 fully saturated rings. The normalized spacial score (nSPS) is 13.0. The number of benzene rings is 1. The second-order valence-corrected chi connectivity index (χ2v) is 1.82. The highest BCUT2D eigenvalue weighted by Gasteiger charge is 2.09. The SMILES string of the molecule is [2H]c1ccc(N([2H])C)c([N+](=O)[O-])c1[2H]. The van der Waals surface area contributed by atoms with Gasteiger partial charge in [-0.2, -0.15) is 0 Å². The number of anilines is 1. The van der Waals surface area contributed by atoms with Gasteiger partial charge in [0.05, 0.1) is 7.66 Å². The minimum Gasteiger partial charge on any atom is -0.383 e. The van der Waals surface area contributed by atoms with Gasteiger partial charge in [0.2, 0.25) is 0 Å². The highest BCUT2D eigenvalue weighted by Crippen LogP contribution is 2.21. The van der Waals surface area contributed by atoms with Gasteiger partial charge < -0.3 is 5.31 Å². The van der Waals surface area contributed by atoms with Crippen molar-refractivity contribution in [2.24, 2.45) is 0 Å². The van der Waals surface area contributed by atoms with Crippen molar-refractivity contribution >= 4 is 11.4 Å². The van der Waals surface area contributed by atoms with Gasteiger partial charge in [-0.25, -0.2) is 0 Å². The minimum atomic E-state index is -0.749. The Morgan fingerprint density at radius 1 is 1.91 bits per heavy atom. The Kier molecular flexibility index (Phi) is 1.18. The van der Waals surface area contributed by atoms with Crippen LogP contribution in [0.15, 0.2) is 24.2 Å². The molecule has 0 aliphatic heterocycles. The number of nitrogens with one attached hydrogen (secondary N) is 1. The van der Waals surface area contributed by atoms with Crippen molar-refractivity contribution in [3.63, 3.8) is 0 Å². The van der Waals surface area contributed by atoms with E-state index < -0.39 is 16.7 Å². The predicted molar refractivity (Wildman–Crippen MR) is 42.6 cm³/mol. The van der Waals surface area contributed by atoms with E-state index in [1.165, 1.54) is 19.2 Å². The highest BCUT2D eigenvalue weighted by molar-refractivity contribution is 5.60. The minimum absolute atomic E-state index is 0.0102. The van der Waals surface area contributed by atoms with E-state index in [9.17, 15) is 10.1 Å². The van der Waals surface area contributed by atoms with Crippen LogP contribution < -0.4 is 5.31 Å². The summed E-state index contributed by atoms with van der Waals surface area (Å²) in [5.41, 5.74) is -0.494. The van der Waals surface area contributed by atoms with Crippen LogP contribution in [0.4, 0.5) is 11.4 Å². The molecule has 0 aliphatic carbocycles. The van der Waals surface area contributed by atoms with Gasteiger partial charge in [-0.05, 0) is 6.07 Å². The Morgan fingerprint density at radius 3 is 3.18 bits per heavy atom. The molecule has 1 N–H and O–H groups in total. The summed E-state index contributed by atoms with van der Waals surface area (Å²) in [6, 6.07) is 1.86. The second-order valence-electron chi connectivity index (χ2n) is 1.82. The molecule has 0 amide bonds. The molecule has 0 saturated heterocycles. The van der Waals surface area contributed by atoms with Crippen molar-refractivity contribution in [1.29, 1.82) is 0 Å². The maximum atomic E-state index is 10.6. The van der Waals surface area contributed by atoms with Gasteiger partial charge in [-0.15, -0.1) is 0 Å².